The van der Waals surface area contributed by atoms with Gasteiger partial charge >= 0.3 is 0 Å². The molecule has 1 N–H and O–H groups in total. The van der Waals surface area contributed by atoms with E-state index in [1.165, 1.54) is 11.1 Å². The monoisotopic (exact) mass is 422 g/mol. The first-order valence-corrected chi connectivity index (χ1v) is 10.4. The van der Waals surface area contributed by atoms with Gasteiger partial charge in [-0.05, 0) is 86.0 Å². The Kier molecular flexibility index (Phi) is 4.86. The molecule has 2 heterocycles. The van der Waals surface area contributed by atoms with Crippen molar-refractivity contribution in [2.45, 2.75) is 20.8 Å². The predicted octanol–water partition coefficient (Wildman–Crippen LogP) is 6.93. The Balaban J connectivity index is 1.37. The van der Waals surface area contributed by atoms with Crippen LogP contribution in [0, 0.1) is 20.8 Å². The van der Waals surface area contributed by atoms with Crippen LogP contribution in [-0.2, 0) is 0 Å². The highest BCUT2D eigenvalue weighted by Crippen LogP contribution is 2.28. The van der Waals surface area contributed by atoms with E-state index in [0.717, 1.165) is 27.8 Å². The molecule has 2 aromatic heterocycles. The van der Waals surface area contributed by atoms with Crippen molar-refractivity contribution in [3.8, 4) is 22.8 Å². The second kappa shape index (κ2) is 7.85. The molecule has 0 aliphatic rings. The van der Waals surface area contributed by atoms with Crippen LogP contribution in [-0.4, -0.2) is 10.9 Å². The summed E-state index contributed by atoms with van der Waals surface area (Å²) in [6, 6.07) is 22.9. The number of carbonyl (C=O) groups is 1. The van der Waals surface area contributed by atoms with E-state index in [-0.39, 0.29) is 11.7 Å². The minimum atomic E-state index is -0.314. The SMILES string of the molecule is Cc1ccc2oc(-c3cccc(NC(=O)c4ccc(-c5ccc(C)c(C)c5)o4)c3)nc2c1. The number of amides is 1. The second-order valence-corrected chi connectivity index (χ2v) is 7.99. The van der Waals surface area contributed by atoms with Crippen molar-refractivity contribution in [3.05, 3.63) is 95.2 Å². The molecule has 3 aromatic carbocycles. The molecule has 0 spiro atoms. The molecule has 5 aromatic rings. The lowest BCUT2D eigenvalue weighted by Crippen LogP contribution is -2.10. The van der Waals surface area contributed by atoms with E-state index < -0.39 is 0 Å². The first kappa shape index (κ1) is 19.8. The maximum Gasteiger partial charge on any atom is 0.291 e. The summed E-state index contributed by atoms with van der Waals surface area (Å²) in [6.07, 6.45) is 0. The Morgan fingerprint density at radius 1 is 0.812 bits per heavy atom. The fourth-order valence-electron chi connectivity index (χ4n) is 3.59. The lowest BCUT2D eigenvalue weighted by molar-refractivity contribution is 0.0997. The smallest absolute Gasteiger partial charge is 0.291 e. The molecule has 0 bridgehead atoms. The molecule has 5 heteroatoms. The van der Waals surface area contributed by atoms with Gasteiger partial charge in [-0.1, -0.05) is 24.3 Å². The van der Waals surface area contributed by atoms with E-state index in [1.54, 1.807) is 6.07 Å². The number of oxazole rings is 1. The van der Waals surface area contributed by atoms with E-state index in [1.807, 2.05) is 67.6 Å². The van der Waals surface area contributed by atoms with Crippen LogP contribution in [0.2, 0.25) is 0 Å². The minimum Gasteiger partial charge on any atom is -0.451 e. The fraction of sp³-hybridized carbons (Fsp3) is 0.111. The summed E-state index contributed by atoms with van der Waals surface area (Å²) in [5.74, 6) is 1.11. The molecule has 0 aliphatic carbocycles. The zero-order valence-corrected chi connectivity index (χ0v) is 18.1. The number of hydrogen-bond donors (Lipinski definition) is 1. The Labute approximate surface area is 185 Å². The number of hydrogen-bond acceptors (Lipinski definition) is 4. The molecule has 0 radical (unpaired) electrons. The summed E-state index contributed by atoms with van der Waals surface area (Å²) in [4.78, 5) is 17.3. The van der Waals surface area contributed by atoms with Gasteiger partial charge in [0.25, 0.3) is 5.91 Å². The molecule has 5 nitrogen and oxygen atoms in total. The van der Waals surface area contributed by atoms with Gasteiger partial charge in [-0.2, -0.15) is 0 Å². The van der Waals surface area contributed by atoms with Gasteiger partial charge in [-0.3, -0.25) is 4.79 Å². The minimum absolute atomic E-state index is 0.251. The highest BCUT2D eigenvalue weighted by Gasteiger charge is 2.14. The number of furan rings is 1. The summed E-state index contributed by atoms with van der Waals surface area (Å²) in [6.45, 7) is 6.14. The van der Waals surface area contributed by atoms with Gasteiger partial charge in [-0.15, -0.1) is 0 Å². The van der Waals surface area contributed by atoms with Crippen LogP contribution in [0.4, 0.5) is 5.69 Å². The summed E-state index contributed by atoms with van der Waals surface area (Å²) in [5.41, 5.74) is 7.42. The third kappa shape index (κ3) is 3.81. The zero-order chi connectivity index (χ0) is 22.2. The van der Waals surface area contributed by atoms with Gasteiger partial charge in [0.2, 0.25) is 5.89 Å². The summed E-state index contributed by atoms with van der Waals surface area (Å²) >= 11 is 0. The number of benzene rings is 3. The van der Waals surface area contributed by atoms with Gasteiger partial charge in [0.15, 0.2) is 11.3 Å². The first-order valence-electron chi connectivity index (χ1n) is 10.4. The maximum atomic E-state index is 12.8. The van der Waals surface area contributed by atoms with Crippen molar-refractivity contribution in [2.75, 3.05) is 5.32 Å². The summed E-state index contributed by atoms with van der Waals surface area (Å²) in [5, 5.41) is 2.89. The average molecular weight is 422 g/mol. The molecular formula is C27H22N2O3. The number of rotatable bonds is 4. The summed E-state index contributed by atoms with van der Waals surface area (Å²) in [7, 11) is 0. The molecule has 0 saturated carbocycles. The number of anilines is 1. The molecule has 0 unspecified atom stereocenters. The molecule has 0 aliphatic heterocycles. The lowest BCUT2D eigenvalue weighted by Gasteiger charge is -2.05. The number of carbonyl (C=O) groups excluding carboxylic acids is 1. The molecule has 1 amide bonds. The number of nitrogens with one attached hydrogen (secondary N) is 1. The van der Waals surface area contributed by atoms with Gasteiger partial charge in [0.05, 0.1) is 0 Å². The fourth-order valence-corrected chi connectivity index (χ4v) is 3.59. The van der Waals surface area contributed by atoms with Crippen molar-refractivity contribution in [2.24, 2.45) is 0 Å². The average Bonchev–Trinajstić information content (AvgIpc) is 3.43. The molecular weight excluding hydrogens is 400 g/mol. The normalized spacial score (nSPS) is 11.1. The number of fused-ring (bicyclic) bond motifs is 1. The van der Waals surface area contributed by atoms with Gasteiger partial charge < -0.3 is 14.2 Å². The molecule has 0 saturated heterocycles. The summed E-state index contributed by atoms with van der Waals surface area (Å²) < 4.78 is 11.7. The number of nitrogens with zero attached hydrogens (tertiary/aromatic N) is 1. The Morgan fingerprint density at radius 2 is 1.69 bits per heavy atom. The van der Waals surface area contributed by atoms with Gasteiger partial charge in [0.1, 0.15) is 11.3 Å². The van der Waals surface area contributed by atoms with Crippen LogP contribution in [0.15, 0.2) is 81.6 Å². The van der Waals surface area contributed by atoms with E-state index in [0.29, 0.717) is 17.3 Å². The Morgan fingerprint density at radius 3 is 2.53 bits per heavy atom. The van der Waals surface area contributed by atoms with Crippen LogP contribution >= 0.6 is 0 Å². The van der Waals surface area contributed by atoms with Crippen molar-refractivity contribution < 1.29 is 13.6 Å². The first-order chi connectivity index (χ1) is 15.5. The topological polar surface area (TPSA) is 68.3 Å². The Bertz CT molecular complexity index is 1460. The molecule has 0 fully saturated rings. The van der Waals surface area contributed by atoms with Gasteiger partial charge in [0, 0.05) is 16.8 Å². The van der Waals surface area contributed by atoms with E-state index in [9.17, 15) is 4.79 Å². The zero-order valence-electron chi connectivity index (χ0n) is 18.1. The van der Waals surface area contributed by atoms with Crippen molar-refractivity contribution >= 4 is 22.7 Å². The third-order valence-corrected chi connectivity index (χ3v) is 5.53. The van der Waals surface area contributed by atoms with Crippen LogP contribution in [0.3, 0.4) is 0 Å². The predicted molar refractivity (Wildman–Crippen MR) is 126 cm³/mol. The van der Waals surface area contributed by atoms with Crippen molar-refractivity contribution in [3.63, 3.8) is 0 Å². The molecule has 0 atom stereocenters. The highest BCUT2D eigenvalue weighted by atomic mass is 16.4. The van der Waals surface area contributed by atoms with Crippen LogP contribution in [0.5, 0.6) is 0 Å². The third-order valence-electron chi connectivity index (χ3n) is 5.53. The second-order valence-electron chi connectivity index (χ2n) is 7.99. The quantitative estimate of drug-likeness (QED) is 0.341. The van der Waals surface area contributed by atoms with E-state index in [2.05, 4.69) is 30.2 Å². The van der Waals surface area contributed by atoms with Crippen LogP contribution < -0.4 is 5.32 Å². The van der Waals surface area contributed by atoms with Crippen molar-refractivity contribution in [1.82, 2.24) is 4.98 Å². The largest absolute Gasteiger partial charge is 0.451 e. The number of aromatic nitrogens is 1. The van der Waals surface area contributed by atoms with E-state index in [4.69, 9.17) is 8.83 Å². The van der Waals surface area contributed by atoms with Crippen molar-refractivity contribution in [1.29, 1.82) is 0 Å². The lowest BCUT2D eigenvalue weighted by atomic mass is 10.1. The molecule has 32 heavy (non-hydrogen) atoms. The van der Waals surface area contributed by atoms with Crippen LogP contribution in [0.25, 0.3) is 33.9 Å². The Hall–Kier alpha value is -4.12. The highest BCUT2D eigenvalue weighted by molar-refractivity contribution is 6.02. The molecule has 158 valence electrons. The standard InChI is InChI=1S/C27H22N2O3/c1-16-7-10-24-22(13-16)29-27(32-24)20-5-4-6-21(15-20)28-26(30)25-12-11-23(31-25)19-9-8-17(2)18(3)14-19/h4-15H,1-3H3,(H,28,30). The van der Waals surface area contributed by atoms with Crippen LogP contribution in [0.1, 0.15) is 27.2 Å². The maximum absolute atomic E-state index is 12.8. The number of aryl methyl sites for hydroxylation is 3. The van der Waals surface area contributed by atoms with E-state index >= 15 is 0 Å². The van der Waals surface area contributed by atoms with Gasteiger partial charge in [-0.25, -0.2) is 4.98 Å². The molecule has 5 rings (SSSR count).